The van der Waals surface area contributed by atoms with E-state index in [9.17, 15) is 0 Å². The highest BCUT2D eigenvalue weighted by Crippen LogP contribution is 2.29. The molecular weight excluding hydrogens is 344 g/mol. The van der Waals surface area contributed by atoms with Crippen molar-refractivity contribution in [1.82, 2.24) is 0 Å². The fraction of sp³-hybridized carbons (Fsp3) is 0.0714. The molecule has 0 bridgehead atoms. The minimum Gasteiger partial charge on any atom is -0.389 e. The quantitative estimate of drug-likeness (QED) is 0.778. The van der Waals surface area contributed by atoms with Gasteiger partial charge in [-0.15, -0.1) is 0 Å². The van der Waals surface area contributed by atoms with Crippen LogP contribution in [0.25, 0.3) is 0 Å². The van der Waals surface area contributed by atoms with Gasteiger partial charge in [-0.05, 0) is 42.8 Å². The minimum atomic E-state index is 0.340. The molecule has 2 rings (SSSR count). The average Bonchev–Trinajstić information content (AvgIpc) is 2.35. The summed E-state index contributed by atoms with van der Waals surface area (Å²) in [5.41, 5.74) is 9.32. The second-order valence-electron chi connectivity index (χ2n) is 4.16. The van der Waals surface area contributed by atoms with Crippen LogP contribution < -0.4 is 11.1 Å². The molecule has 0 spiro atoms. The van der Waals surface area contributed by atoms with Gasteiger partial charge < -0.3 is 11.1 Å². The molecule has 0 fully saturated rings. The largest absolute Gasteiger partial charge is 0.389 e. The van der Waals surface area contributed by atoms with E-state index in [0.29, 0.717) is 10.0 Å². The number of rotatable bonds is 3. The number of benzene rings is 2. The van der Waals surface area contributed by atoms with Gasteiger partial charge in [0, 0.05) is 15.7 Å². The SMILES string of the molecule is Cc1ccc(Cl)c(Nc2ccc(Br)cc2C(N)=S)c1. The van der Waals surface area contributed by atoms with E-state index in [1.807, 2.05) is 43.3 Å². The van der Waals surface area contributed by atoms with Crippen LogP contribution >= 0.6 is 39.7 Å². The van der Waals surface area contributed by atoms with Crippen molar-refractivity contribution in [2.75, 3.05) is 5.32 Å². The summed E-state index contributed by atoms with van der Waals surface area (Å²) in [6, 6.07) is 11.5. The topological polar surface area (TPSA) is 38.0 Å². The number of hydrogen-bond acceptors (Lipinski definition) is 2. The Labute approximate surface area is 131 Å². The number of hydrogen-bond donors (Lipinski definition) is 2. The molecule has 19 heavy (non-hydrogen) atoms. The first-order valence-electron chi connectivity index (χ1n) is 5.60. The summed E-state index contributed by atoms with van der Waals surface area (Å²) in [5.74, 6) is 0. The van der Waals surface area contributed by atoms with E-state index in [1.165, 1.54) is 0 Å². The molecule has 2 aromatic carbocycles. The van der Waals surface area contributed by atoms with Crippen LogP contribution in [0.4, 0.5) is 11.4 Å². The van der Waals surface area contributed by atoms with Crippen LogP contribution in [-0.4, -0.2) is 4.99 Å². The van der Waals surface area contributed by atoms with E-state index in [0.717, 1.165) is 27.0 Å². The van der Waals surface area contributed by atoms with Gasteiger partial charge in [0.05, 0.1) is 10.7 Å². The summed E-state index contributed by atoms with van der Waals surface area (Å²) in [5, 5.41) is 3.92. The zero-order chi connectivity index (χ0) is 14.0. The third-order valence-corrected chi connectivity index (χ3v) is 3.68. The predicted octanol–water partition coefficient (Wildman–Crippen LogP) is 4.79. The summed E-state index contributed by atoms with van der Waals surface area (Å²) in [6.45, 7) is 2.01. The Morgan fingerprint density at radius 1 is 1.21 bits per heavy atom. The summed E-state index contributed by atoms with van der Waals surface area (Å²) >= 11 is 14.6. The van der Waals surface area contributed by atoms with Crippen LogP contribution in [-0.2, 0) is 0 Å². The molecule has 0 amide bonds. The third kappa shape index (κ3) is 3.47. The Kier molecular flexibility index (Phi) is 4.45. The lowest BCUT2D eigenvalue weighted by Crippen LogP contribution is -2.12. The minimum absolute atomic E-state index is 0.340. The molecule has 0 aliphatic carbocycles. The Morgan fingerprint density at radius 2 is 1.95 bits per heavy atom. The van der Waals surface area contributed by atoms with Gasteiger partial charge in [-0.3, -0.25) is 0 Å². The Balaban J connectivity index is 2.43. The molecule has 0 radical (unpaired) electrons. The van der Waals surface area contributed by atoms with Gasteiger partial charge >= 0.3 is 0 Å². The number of nitrogens with one attached hydrogen (secondary N) is 1. The number of thiocarbonyl (C=S) groups is 1. The summed E-state index contributed by atoms with van der Waals surface area (Å²) in [6.07, 6.45) is 0. The van der Waals surface area contributed by atoms with Crippen molar-refractivity contribution >= 4 is 56.1 Å². The van der Waals surface area contributed by atoms with Crippen LogP contribution in [0.15, 0.2) is 40.9 Å². The highest BCUT2D eigenvalue weighted by Gasteiger charge is 2.08. The van der Waals surface area contributed by atoms with E-state index in [1.54, 1.807) is 0 Å². The molecule has 2 aromatic rings. The summed E-state index contributed by atoms with van der Waals surface area (Å²) < 4.78 is 0.927. The van der Waals surface area contributed by atoms with Crippen LogP contribution in [0.1, 0.15) is 11.1 Å². The first kappa shape index (κ1) is 14.3. The maximum Gasteiger partial charge on any atom is 0.106 e. The average molecular weight is 356 g/mol. The van der Waals surface area contributed by atoms with Crippen LogP contribution in [0.5, 0.6) is 0 Å². The molecule has 0 atom stereocenters. The summed E-state index contributed by atoms with van der Waals surface area (Å²) in [7, 11) is 0. The fourth-order valence-corrected chi connectivity index (χ4v) is 2.40. The fourth-order valence-electron chi connectivity index (χ4n) is 1.71. The number of anilines is 2. The molecule has 0 aliphatic rings. The molecule has 0 aliphatic heterocycles. The molecule has 0 unspecified atom stereocenters. The highest BCUT2D eigenvalue weighted by atomic mass is 79.9. The zero-order valence-electron chi connectivity index (χ0n) is 10.2. The molecule has 0 saturated carbocycles. The summed E-state index contributed by atoms with van der Waals surface area (Å²) in [4.78, 5) is 0.340. The predicted molar refractivity (Wildman–Crippen MR) is 89.5 cm³/mol. The zero-order valence-corrected chi connectivity index (χ0v) is 13.4. The Bertz CT molecular complexity index is 643. The maximum atomic E-state index is 6.17. The monoisotopic (exact) mass is 354 g/mol. The van der Waals surface area contributed by atoms with Crippen molar-refractivity contribution in [1.29, 1.82) is 0 Å². The van der Waals surface area contributed by atoms with Crippen molar-refractivity contribution in [2.24, 2.45) is 5.73 Å². The smallest absolute Gasteiger partial charge is 0.106 e. The number of halogens is 2. The van der Waals surface area contributed by atoms with Crippen LogP contribution in [0.2, 0.25) is 5.02 Å². The first-order valence-corrected chi connectivity index (χ1v) is 7.18. The van der Waals surface area contributed by atoms with E-state index in [2.05, 4.69) is 21.2 Å². The van der Waals surface area contributed by atoms with Crippen molar-refractivity contribution in [2.45, 2.75) is 6.92 Å². The Hall–Kier alpha value is -1.10. The van der Waals surface area contributed by atoms with Crippen molar-refractivity contribution in [3.8, 4) is 0 Å². The van der Waals surface area contributed by atoms with Gasteiger partial charge in [0.2, 0.25) is 0 Å². The molecule has 98 valence electrons. The van der Waals surface area contributed by atoms with E-state index in [-0.39, 0.29) is 0 Å². The lowest BCUT2D eigenvalue weighted by molar-refractivity contribution is 1.44. The number of aryl methyl sites for hydroxylation is 1. The van der Waals surface area contributed by atoms with Crippen molar-refractivity contribution < 1.29 is 0 Å². The Morgan fingerprint density at radius 3 is 2.63 bits per heavy atom. The van der Waals surface area contributed by atoms with Gasteiger partial charge in [-0.25, -0.2) is 0 Å². The van der Waals surface area contributed by atoms with Gasteiger partial charge in [0.15, 0.2) is 0 Å². The molecule has 0 heterocycles. The normalized spacial score (nSPS) is 10.3. The molecule has 2 nitrogen and oxygen atoms in total. The molecule has 3 N–H and O–H groups in total. The standard InChI is InChI=1S/C14H12BrClN2S/c1-8-2-4-11(16)13(6-8)18-12-5-3-9(15)7-10(12)14(17)19/h2-7,18H,1H3,(H2,17,19). The molecule has 0 saturated heterocycles. The second kappa shape index (κ2) is 5.90. The van der Waals surface area contributed by atoms with Gasteiger partial charge in [0.25, 0.3) is 0 Å². The third-order valence-electron chi connectivity index (χ3n) is 2.64. The number of nitrogens with two attached hydrogens (primary N) is 1. The molecule has 0 aromatic heterocycles. The highest BCUT2D eigenvalue weighted by molar-refractivity contribution is 9.10. The van der Waals surface area contributed by atoms with Gasteiger partial charge in [0.1, 0.15) is 4.99 Å². The maximum absolute atomic E-state index is 6.17. The van der Waals surface area contributed by atoms with E-state index in [4.69, 9.17) is 29.6 Å². The van der Waals surface area contributed by atoms with E-state index >= 15 is 0 Å². The molecular formula is C14H12BrClN2S. The second-order valence-corrected chi connectivity index (χ2v) is 5.93. The van der Waals surface area contributed by atoms with Gasteiger partial charge in [-0.1, -0.05) is 45.8 Å². The van der Waals surface area contributed by atoms with Gasteiger partial charge in [-0.2, -0.15) is 0 Å². The van der Waals surface area contributed by atoms with Crippen molar-refractivity contribution in [3.05, 3.63) is 57.0 Å². The first-order chi connectivity index (χ1) is 8.97. The molecule has 5 heteroatoms. The van der Waals surface area contributed by atoms with Crippen LogP contribution in [0, 0.1) is 6.92 Å². The van der Waals surface area contributed by atoms with Crippen molar-refractivity contribution in [3.63, 3.8) is 0 Å². The van der Waals surface area contributed by atoms with Crippen LogP contribution in [0.3, 0.4) is 0 Å². The lowest BCUT2D eigenvalue weighted by atomic mass is 10.1. The van der Waals surface area contributed by atoms with E-state index < -0.39 is 0 Å². The lowest BCUT2D eigenvalue weighted by Gasteiger charge is -2.13.